The predicted molar refractivity (Wildman–Crippen MR) is 83.8 cm³/mol. The average molecular weight is 300 g/mol. The molecule has 4 rings (SSSR count). The lowest BCUT2D eigenvalue weighted by molar-refractivity contribution is -0.112. The number of amides is 1. The van der Waals surface area contributed by atoms with Crippen LogP contribution in [0.2, 0.25) is 0 Å². The van der Waals surface area contributed by atoms with Gasteiger partial charge in [-0.3, -0.25) is 4.79 Å². The van der Waals surface area contributed by atoms with E-state index in [0.29, 0.717) is 17.5 Å². The van der Waals surface area contributed by atoms with Crippen molar-refractivity contribution in [3.63, 3.8) is 0 Å². The first-order valence-corrected chi connectivity index (χ1v) is 7.67. The standard InChI is InChI=1S/C17H20N2O3/c20-16(18-15-4-1-13(2-5-15)17(21)22)6-3-14-11-19-9-7-12(14)8-10-19/h1-6,12,14H,7-11H2,(H,18,20)(H,21,22)/b6-3+. The van der Waals surface area contributed by atoms with Crippen molar-refractivity contribution in [3.8, 4) is 0 Å². The minimum absolute atomic E-state index is 0.167. The van der Waals surface area contributed by atoms with Crippen LogP contribution in [0.1, 0.15) is 23.2 Å². The molecule has 3 saturated heterocycles. The molecular formula is C17H20N2O3. The summed E-state index contributed by atoms with van der Waals surface area (Å²) in [7, 11) is 0. The van der Waals surface area contributed by atoms with Gasteiger partial charge in [0.25, 0.3) is 0 Å². The second-order valence-electron chi connectivity index (χ2n) is 6.03. The largest absolute Gasteiger partial charge is 0.478 e. The van der Waals surface area contributed by atoms with Gasteiger partial charge in [0.05, 0.1) is 5.56 Å². The molecule has 1 aromatic rings. The van der Waals surface area contributed by atoms with E-state index in [9.17, 15) is 9.59 Å². The molecule has 22 heavy (non-hydrogen) atoms. The summed E-state index contributed by atoms with van der Waals surface area (Å²) in [6.45, 7) is 3.44. The highest BCUT2D eigenvalue weighted by molar-refractivity contribution is 5.99. The summed E-state index contributed by atoms with van der Waals surface area (Å²) < 4.78 is 0. The molecule has 3 fully saturated rings. The monoisotopic (exact) mass is 300 g/mol. The van der Waals surface area contributed by atoms with Crippen LogP contribution in [0.15, 0.2) is 36.4 Å². The van der Waals surface area contributed by atoms with Gasteiger partial charge in [0.2, 0.25) is 5.91 Å². The van der Waals surface area contributed by atoms with E-state index in [-0.39, 0.29) is 11.5 Å². The molecule has 1 atom stereocenters. The number of rotatable bonds is 4. The lowest BCUT2D eigenvalue weighted by atomic mass is 9.79. The minimum atomic E-state index is -0.972. The summed E-state index contributed by atoms with van der Waals surface area (Å²) in [4.78, 5) is 25.2. The number of carbonyl (C=O) groups excluding carboxylic acids is 1. The van der Waals surface area contributed by atoms with E-state index in [1.807, 2.05) is 6.08 Å². The van der Waals surface area contributed by atoms with Crippen LogP contribution in [0.3, 0.4) is 0 Å². The number of fused-ring (bicyclic) bond motifs is 3. The van der Waals surface area contributed by atoms with Gasteiger partial charge in [-0.15, -0.1) is 0 Å². The second-order valence-corrected chi connectivity index (χ2v) is 6.03. The molecular weight excluding hydrogens is 280 g/mol. The van der Waals surface area contributed by atoms with Crippen LogP contribution in [-0.2, 0) is 4.79 Å². The average Bonchev–Trinajstić information content (AvgIpc) is 2.54. The quantitative estimate of drug-likeness (QED) is 0.837. The molecule has 3 heterocycles. The summed E-state index contributed by atoms with van der Waals surface area (Å²) in [5.74, 6) is 0.0474. The van der Waals surface area contributed by atoms with Crippen molar-refractivity contribution >= 4 is 17.6 Å². The van der Waals surface area contributed by atoms with Crippen LogP contribution in [-0.4, -0.2) is 41.5 Å². The summed E-state index contributed by atoms with van der Waals surface area (Å²) in [6.07, 6.45) is 6.09. The molecule has 1 aromatic carbocycles. The van der Waals surface area contributed by atoms with Crippen LogP contribution in [0, 0.1) is 11.8 Å². The number of piperidine rings is 3. The van der Waals surface area contributed by atoms with Gasteiger partial charge in [-0.05, 0) is 68.1 Å². The molecule has 1 unspecified atom stereocenters. The first-order valence-electron chi connectivity index (χ1n) is 7.67. The molecule has 0 spiro atoms. The number of hydrogen-bond donors (Lipinski definition) is 2. The fraction of sp³-hybridized carbons (Fsp3) is 0.412. The van der Waals surface area contributed by atoms with Gasteiger partial charge in [-0.2, -0.15) is 0 Å². The first kappa shape index (κ1) is 14.8. The number of carbonyl (C=O) groups is 2. The maximum Gasteiger partial charge on any atom is 0.335 e. The van der Waals surface area contributed by atoms with Crippen molar-refractivity contribution in [2.75, 3.05) is 25.0 Å². The minimum Gasteiger partial charge on any atom is -0.478 e. The summed E-state index contributed by atoms with van der Waals surface area (Å²) >= 11 is 0. The molecule has 1 amide bonds. The van der Waals surface area contributed by atoms with E-state index >= 15 is 0 Å². The predicted octanol–water partition coefficient (Wildman–Crippen LogP) is 2.22. The third-order valence-electron chi connectivity index (χ3n) is 4.60. The Hall–Kier alpha value is -2.14. The number of benzene rings is 1. The fourth-order valence-corrected chi connectivity index (χ4v) is 3.32. The number of carboxylic acid groups (broad SMARTS) is 1. The van der Waals surface area contributed by atoms with Crippen molar-refractivity contribution in [1.29, 1.82) is 0 Å². The Labute approximate surface area is 129 Å². The molecule has 3 aliphatic heterocycles. The highest BCUT2D eigenvalue weighted by Gasteiger charge is 2.32. The first-order chi connectivity index (χ1) is 10.6. The van der Waals surface area contributed by atoms with Gasteiger partial charge >= 0.3 is 5.97 Å². The maximum absolute atomic E-state index is 12.0. The van der Waals surface area contributed by atoms with Crippen molar-refractivity contribution in [2.45, 2.75) is 12.8 Å². The van der Waals surface area contributed by atoms with Gasteiger partial charge in [0, 0.05) is 12.2 Å². The van der Waals surface area contributed by atoms with E-state index in [4.69, 9.17) is 5.11 Å². The molecule has 0 saturated carbocycles. The van der Waals surface area contributed by atoms with Crippen LogP contribution in [0.25, 0.3) is 0 Å². The Morgan fingerprint density at radius 2 is 1.86 bits per heavy atom. The summed E-state index contributed by atoms with van der Waals surface area (Å²) in [5, 5.41) is 11.6. The topological polar surface area (TPSA) is 69.6 Å². The zero-order valence-electron chi connectivity index (χ0n) is 12.4. The van der Waals surface area contributed by atoms with Gasteiger partial charge in [-0.25, -0.2) is 4.79 Å². The van der Waals surface area contributed by atoms with E-state index in [0.717, 1.165) is 6.54 Å². The number of aromatic carboxylic acids is 1. The molecule has 3 aliphatic rings. The van der Waals surface area contributed by atoms with Crippen molar-refractivity contribution in [2.24, 2.45) is 11.8 Å². The lowest BCUT2D eigenvalue weighted by Gasteiger charge is -2.43. The molecule has 2 N–H and O–H groups in total. The highest BCUT2D eigenvalue weighted by Crippen LogP contribution is 2.32. The zero-order chi connectivity index (χ0) is 15.5. The van der Waals surface area contributed by atoms with Gasteiger partial charge in [0.1, 0.15) is 0 Å². The third-order valence-corrected chi connectivity index (χ3v) is 4.60. The van der Waals surface area contributed by atoms with Crippen molar-refractivity contribution < 1.29 is 14.7 Å². The molecule has 116 valence electrons. The molecule has 5 heteroatoms. The molecule has 0 aromatic heterocycles. The van der Waals surface area contributed by atoms with Crippen molar-refractivity contribution in [1.82, 2.24) is 4.90 Å². The zero-order valence-corrected chi connectivity index (χ0v) is 12.4. The van der Waals surface area contributed by atoms with Crippen LogP contribution < -0.4 is 5.32 Å². The Morgan fingerprint density at radius 1 is 1.18 bits per heavy atom. The maximum atomic E-state index is 12.0. The van der Waals surface area contributed by atoms with Crippen LogP contribution >= 0.6 is 0 Å². The third kappa shape index (κ3) is 3.36. The molecule has 2 bridgehead atoms. The van der Waals surface area contributed by atoms with Gasteiger partial charge < -0.3 is 15.3 Å². The van der Waals surface area contributed by atoms with E-state index < -0.39 is 5.97 Å². The van der Waals surface area contributed by atoms with E-state index in [1.165, 1.54) is 38.1 Å². The second kappa shape index (κ2) is 6.32. The number of anilines is 1. The van der Waals surface area contributed by atoms with E-state index in [1.54, 1.807) is 18.2 Å². The fourth-order valence-electron chi connectivity index (χ4n) is 3.32. The number of hydrogen-bond acceptors (Lipinski definition) is 3. The number of nitrogens with one attached hydrogen (secondary N) is 1. The Morgan fingerprint density at radius 3 is 2.41 bits per heavy atom. The summed E-state index contributed by atoms with van der Waals surface area (Å²) in [5.41, 5.74) is 0.814. The number of nitrogens with zero attached hydrogens (tertiary/aromatic N) is 1. The van der Waals surface area contributed by atoms with Crippen molar-refractivity contribution in [3.05, 3.63) is 42.0 Å². The lowest BCUT2D eigenvalue weighted by Crippen LogP contribution is -2.46. The smallest absolute Gasteiger partial charge is 0.335 e. The Bertz CT molecular complexity index is 586. The van der Waals surface area contributed by atoms with Gasteiger partial charge in [-0.1, -0.05) is 6.08 Å². The molecule has 0 aliphatic carbocycles. The highest BCUT2D eigenvalue weighted by atomic mass is 16.4. The molecule has 0 radical (unpaired) electrons. The molecule has 5 nitrogen and oxygen atoms in total. The SMILES string of the molecule is O=C(/C=C/C1CN2CCC1CC2)Nc1ccc(C(=O)O)cc1. The Balaban J connectivity index is 1.55. The van der Waals surface area contributed by atoms with Gasteiger partial charge in [0.15, 0.2) is 0 Å². The Kier molecular flexibility index (Phi) is 4.24. The number of carboxylic acids is 1. The van der Waals surface area contributed by atoms with Crippen LogP contribution in [0.5, 0.6) is 0 Å². The normalized spacial score (nSPS) is 27.0. The van der Waals surface area contributed by atoms with Crippen LogP contribution in [0.4, 0.5) is 5.69 Å². The van der Waals surface area contributed by atoms with E-state index in [2.05, 4.69) is 10.2 Å². The summed E-state index contributed by atoms with van der Waals surface area (Å²) in [6, 6.07) is 6.16.